The highest BCUT2D eigenvalue weighted by Crippen LogP contribution is 2.46. The first-order valence-corrected chi connectivity index (χ1v) is 11.4. The third kappa shape index (κ3) is 3.78. The van der Waals surface area contributed by atoms with Crippen LogP contribution in [0.2, 0.25) is 0 Å². The molecule has 0 amide bonds. The van der Waals surface area contributed by atoms with Crippen molar-refractivity contribution in [2.45, 2.75) is 54.1 Å². The first-order chi connectivity index (χ1) is 14.9. The maximum atomic E-state index is 13.1. The molecule has 1 aliphatic carbocycles. The van der Waals surface area contributed by atoms with Gasteiger partial charge in [0, 0.05) is 42.6 Å². The highest BCUT2D eigenvalue weighted by atomic mass is 32.2. The monoisotopic (exact) mass is 447 g/mol. The molecule has 5 nitrogen and oxygen atoms in total. The van der Waals surface area contributed by atoms with Gasteiger partial charge in [0.1, 0.15) is 0 Å². The van der Waals surface area contributed by atoms with Crippen LogP contribution < -0.4 is 10.6 Å². The molecule has 5 rings (SSSR count). The number of anilines is 1. The number of hydrogen-bond donors (Lipinski definition) is 1. The van der Waals surface area contributed by atoms with E-state index in [0.29, 0.717) is 16.6 Å². The SMILES string of the molecule is N[C@H]1CCCC12CCN(c1ncc(Sc3cccc(C(F)(F)F)c3)c3nccn13)CC2. The first kappa shape index (κ1) is 20.6. The molecule has 3 heterocycles. The van der Waals surface area contributed by atoms with Gasteiger partial charge in [0.15, 0.2) is 5.65 Å². The third-order valence-electron chi connectivity index (χ3n) is 6.78. The van der Waals surface area contributed by atoms with E-state index in [4.69, 9.17) is 5.73 Å². The van der Waals surface area contributed by atoms with Crippen molar-refractivity contribution < 1.29 is 13.2 Å². The van der Waals surface area contributed by atoms with Crippen molar-refractivity contribution in [2.75, 3.05) is 18.0 Å². The summed E-state index contributed by atoms with van der Waals surface area (Å²) in [6.45, 7) is 1.79. The Balaban J connectivity index is 1.39. The molecular weight excluding hydrogens is 423 g/mol. The second-order valence-electron chi connectivity index (χ2n) is 8.52. The smallest absolute Gasteiger partial charge is 0.342 e. The predicted octanol–water partition coefficient (Wildman–Crippen LogP) is 5.00. The van der Waals surface area contributed by atoms with E-state index in [2.05, 4.69) is 14.9 Å². The molecule has 1 saturated carbocycles. The second-order valence-corrected chi connectivity index (χ2v) is 9.63. The molecule has 1 spiro atoms. The number of imidazole rings is 1. The van der Waals surface area contributed by atoms with Crippen LogP contribution in [-0.2, 0) is 6.18 Å². The van der Waals surface area contributed by atoms with Crippen molar-refractivity contribution in [1.82, 2.24) is 14.4 Å². The number of halogens is 3. The van der Waals surface area contributed by atoms with Crippen LogP contribution in [0.3, 0.4) is 0 Å². The second kappa shape index (κ2) is 7.70. The summed E-state index contributed by atoms with van der Waals surface area (Å²) in [6, 6.07) is 5.62. The highest BCUT2D eigenvalue weighted by molar-refractivity contribution is 7.99. The van der Waals surface area contributed by atoms with Gasteiger partial charge in [-0.1, -0.05) is 24.2 Å². The zero-order valence-corrected chi connectivity index (χ0v) is 17.8. The van der Waals surface area contributed by atoms with Crippen LogP contribution in [0.15, 0.2) is 52.6 Å². The largest absolute Gasteiger partial charge is 0.416 e. The van der Waals surface area contributed by atoms with Gasteiger partial charge in [-0.2, -0.15) is 13.2 Å². The molecule has 31 heavy (non-hydrogen) atoms. The maximum absolute atomic E-state index is 13.1. The third-order valence-corrected chi connectivity index (χ3v) is 7.78. The molecular formula is C22H24F3N5S. The Morgan fingerprint density at radius 1 is 1.13 bits per heavy atom. The Morgan fingerprint density at radius 3 is 2.65 bits per heavy atom. The van der Waals surface area contributed by atoms with Crippen LogP contribution >= 0.6 is 11.8 Å². The molecule has 9 heteroatoms. The maximum Gasteiger partial charge on any atom is 0.416 e. The molecule has 2 aromatic heterocycles. The molecule has 2 aliphatic rings. The molecule has 164 valence electrons. The molecule has 1 atom stereocenters. The van der Waals surface area contributed by atoms with Crippen LogP contribution in [0.25, 0.3) is 5.65 Å². The van der Waals surface area contributed by atoms with Crippen LogP contribution in [0.5, 0.6) is 0 Å². The quantitative estimate of drug-likeness (QED) is 0.613. The minimum absolute atomic E-state index is 0.268. The van der Waals surface area contributed by atoms with Crippen LogP contribution in [0, 0.1) is 5.41 Å². The summed E-state index contributed by atoms with van der Waals surface area (Å²) in [5, 5.41) is 0. The van der Waals surface area contributed by atoms with Crippen molar-refractivity contribution in [2.24, 2.45) is 11.1 Å². The lowest BCUT2D eigenvalue weighted by Crippen LogP contribution is -2.47. The Bertz CT molecular complexity index is 1090. The van der Waals surface area contributed by atoms with E-state index >= 15 is 0 Å². The van der Waals surface area contributed by atoms with E-state index in [0.717, 1.165) is 55.3 Å². The van der Waals surface area contributed by atoms with Gasteiger partial charge in [-0.3, -0.25) is 4.40 Å². The van der Waals surface area contributed by atoms with E-state index < -0.39 is 11.7 Å². The van der Waals surface area contributed by atoms with Gasteiger partial charge >= 0.3 is 6.18 Å². The van der Waals surface area contributed by atoms with Crippen LogP contribution in [-0.4, -0.2) is 33.5 Å². The van der Waals surface area contributed by atoms with Crippen LogP contribution in [0.1, 0.15) is 37.7 Å². The lowest BCUT2D eigenvalue weighted by molar-refractivity contribution is -0.137. The topological polar surface area (TPSA) is 59.5 Å². The molecule has 2 N–H and O–H groups in total. The summed E-state index contributed by atoms with van der Waals surface area (Å²) in [4.78, 5) is 12.6. The number of piperidine rings is 1. The van der Waals surface area contributed by atoms with Crippen molar-refractivity contribution in [3.05, 3.63) is 48.4 Å². The van der Waals surface area contributed by atoms with E-state index in [-0.39, 0.29) is 5.41 Å². The van der Waals surface area contributed by atoms with E-state index in [1.54, 1.807) is 18.5 Å². The van der Waals surface area contributed by atoms with E-state index in [9.17, 15) is 13.2 Å². The lowest BCUT2D eigenvalue weighted by Gasteiger charge is -2.42. The van der Waals surface area contributed by atoms with Crippen LogP contribution in [0.4, 0.5) is 19.1 Å². The Labute approximate surface area is 182 Å². The van der Waals surface area contributed by atoms with E-state index in [1.165, 1.54) is 30.7 Å². The number of rotatable bonds is 3. The molecule has 0 bridgehead atoms. The van der Waals surface area contributed by atoms with E-state index in [1.807, 2.05) is 10.6 Å². The lowest BCUT2D eigenvalue weighted by atomic mass is 9.74. The summed E-state index contributed by atoms with van der Waals surface area (Å²) in [6.07, 6.45) is 6.58. The van der Waals surface area contributed by atoms with Gasteiger partial charge < -0.3 is 10.6 Å². The average Bonchev–Trinajstić information content (AvgIpc) is 3.37. The van der Waals surface area contributed by atoms with Gasteiger partial charge in [0.25, 0.3) is 0 Å². The minimum atomic E-state index is -4.37. The summed E-state index contributed by atoms with van der Waals surface area (Å²) >= 11 is 1.24. The van der Waals surface area contributed by atoms with Crippen molar-refractivity contribution in [3.63, 3.8) is 0 Å². The van der Waals surface area contributed by atoms with Crippen molar-refractivity contribution in [1.29, 1.82) is 0 Å². The number of nitrogens with zero attached hydrogens (tertiary/aromatic N) is 4. The highest BCUT2D eigenvalue weighted by Gasteiger charge is 2.43. The molecule has 1 aromatic carbocycles. The Morgan fingerprint density at radius 2 is 1.94 bits per heavy atom. The fraction of sp³-hybridized carbons (Fsp3) is 0.455. The summed E-state index contributed by atoms with van der Waals surface area (Å²) in [5.74, 6) is 0.822. The number of benzene rings is 1. The number of alkyl halides is 3. The molecule has 0 radical (unpaired) electrons. The number of hydrogen-bond acceptors (Lipinski definition) is 5. The van der Waals surface area contributed by atoms with Gasteiger partial charge in [0.05, 0.1) is 10.5 Å². The Kier molecular flexibility index (Phi) is 5.13. The fourth-order valence-electron chi connectivity index (χ4n) is 4.99. The summed E-state index contributed by atoms with van der Waals surface area (Å²) < 4.78 is 41.1. The first-order valence-electron chi connectivity index (χ1n) is 10.5. The standard InChI is InChI=1S/C22H24F3N5S/c23-22(24,25)15-3-1-4-16(13-15)31-17-14-28-20(30-12-9-27-19(17)30)29-10-7-21(8-11-29)6-2-5-18(21)26/h1,3-4,9,12-14,18H,2,5-8,10-11,26H2/t18-/m0/s1. The molecule has 1 aliphatic heterocycles. The number of fused-ring (bicyclic) bond motifs is 1. The summed E-state index contributed by atoms with van der Waals surface area (Å²) in [5.41, 5.74) is 6.72. The average molecular weight is 448 g/mol. The molecule has 0 unspecified atom stereocenters. The fourth-order valence-corrected chi connectivity index (χ4v) is 5.92. The molecule has 2 fully saturated rings. The van der Waals surface area contributed by atoms with Gasteiger partial charge in [0.2, 0.25) is 5.95 Å². The molecule has 3 aromatic rings. The van der Waals surface area contributed by atoms with Gasteiger partial charge in [-0.25, -0.2) is 9.97 Å². The normalized spacial score (nSPS) is 21.3. The predicted molar refractivity (Wildman–Crippen MR) is 114 cm³/mol. The summed E-state index contributed by atoms with van der Waals surface area (Å²) in [7, 11) is 0. The number of nitrogens with two attached hydrogens (primary N) is 1. The van der Waals surface area contributed by atoms with Gasteiger partial charge in [-0.05, 0) is 49.3 Å². The minimum Gasteiger partial charge on any atom is -0.342 e. The molecule has 1 saturated heterocycles. The van der Waals surface area contributed by atoms with Gasteiger partial charge in [-0.15, -0.1) is 0 Å². The van der Waals surface area contributed by atoms with Crippen molar-refractivity contribution in [3.8, 4) is 0 Å². The number of aromatic nitrogens is 3. The zero-order chi connectivity index (χ0) is 21.6. The Hall–Kier alpha value is -2.26. The van der Waals surface area contributed by atoms with Crippen molar-refractivity contribution >= 4 is 23.4 Å². The zero-order valence-electron chi connectivity index (χ0n) is 17.0.